The van der Waals surface area contributed by atoms with Crippen molar-refractivity contribution in [1.29, 1.82) is 0 Å². The van der Waals surface area contributed by atoms with Gasteiger partial charge in [0, 0.05) is 25.2 Å². The number of nitrogens with one attached hydrogen (secondary N) is 1. The van der Waals surface area contributed by atoms with Crippen molar-refractivity contribution < 1.29 is 4.79 Å². The molecule has 1 fully saturated rings. The number of halogens is 1. The van der Waals surface area contributed by atoms with Crippen molar-refractivity contribution >= 4 is 28.9 Å². The van der Waals surface area contributed by atoms with Crippen LogP contribution in [0.1, 0.15) is 39.0 Å². The van der Waals surface area contributed by atoms with E-state index in [1.54, 1.807) is 0 Å². The summed E-state index contributed by atoms with van der Waals surface area (Å²) in [6.07, 6.45) is 4.98. The summed E-state index contributed by atoms with van der Waals surface area (Å²) in [5.41, 5.74) is 1.86. The number of carbonyl (C=O) groups is 1. The molecule has 0 spiro atoms. The number of unbranched alkanes of at least 4 members (excludes halogenated alkanes) is 1. The van der Waals surface area contributed by atoms with E-state index in [-0.39, 0.29) is 5.91 Å². The summed E-state index contributed by atoms with van der Waals surface area (Å²) in [6.45, 7) is 4.27. The van der Waals surface area contributed by atoms with Crippen LogP contribution in [0.4, 0.5) is 11.4 Å². The molecule has 0 radical (unpaired) electrons. The van der Waals surface area contributed by atoms with E-state index in [1.165, 1.54) is 12.8 Å². The Kier molecular flexibility index (Phi) is 5.08. The van der Waals surface area contributed by atoms with E-state index in [9.17, 15) is 4.79 Å². The van der Waals surface area contributed by atoms with Gasteiger partial charge in [-0.05, 0) is 37.5 Å². The van der Waals surface area contributed by atoms with Gasteiger partial charge in [-0.1, -0.05) is 24.9 Å². The monoisotopic (exact) mass is 280 g/mol. The number of hydrogen-bond acceptors (Lipinski definition) is 2. The molecule has 1 aromatic rings. The Morgan fingerprint density at radius 3 is 2.74 bits per heavy atom. The van der Waals surface area contributed by atoms with E-state index >= 15 is 0 Å². The standard InChI is InChI=1S/C15H21ClN2O/c1-2-3-6-15(19)17-14-8-7-12(11-13(14)16)18-9-4-5-10-18/h7-8,11H,2-6,9-10H2,1H3,(H,17,19). The van der Waals surface area contributed by atoms with Gasteiger partial charge in [-0.15, -0.1) is 0 Å². The molecule has 0 unspecified atom stereocenters. The van der Waals surface area contributed by atoms with Crippen molar-refractivity contribution in [2.24, 2.45) is 0 Å². The van der Waals surface area contributed by atoms with E-state index in [2.05, 4.69) is 17.1 Å². The van der Waals surface area contributed by atoms with Crippen molar-refractivity contribution in [3.63, 3.8) is 0 Å². The van der Waals surface area contributed by atoms with Crippen LogP contribution >= 0.6 is 11.6 Å². The number of anilines is 2. The highest BCUT2D eigenvalue weighted by Gasteiger charge is 2.14. The molecule has 1 saturated heterocycles. The fraction of sp³-hybridized carbons (Fsp3) is 0.533. The second-order valence-corrected chi connectivity index (χ2v) is 5.42. The van der Waals surface area contributed by atoms with Crippen LogP contribution in [0.15, 0.2) is 18.2 Å². The second-order valence-electron chi connectivity index (χ2n) is 5.01. The minimum absolute atomic E-state index is 0.0395. The Labute approximate surface area is 119 Å². The summed E-state index contributed by atoms with van der Waals surface area (Å²) in [6, 6.07) is 5.88. The van der Waals surface area contributed by atoms with Gasteiger partial charge in [0.1, 0.15) is 0 Å². The molecule has 0 aliphatic carbocycles. The molecular formula is C15H21ClN2O. The normalized spacial score (nSPS) is 14.7. The average molecular weight is 281 g/mol. The molecule has 0 aromatic heterocycles. The first-order valence-corrected chi connectivity index (χ1v) is 7.43. The molecule has 1 amide bonds. The van der Waals surface area contributed by atoms with Gasteiger partial charge in [-0.25, -0.2) is 0 Å². The Morgan fingerprint density at radius 1 is 1.37 bits per heavy atom. The molecule has 0 atom stereocenters. The van der Waals surface area contributed by atoms with Crippen LogP contribution < -0.4 is 10.2 Å². The Bertz CT molecular complexity index is 442. The van der Waals surface area contributed by atoms with E-state index < -0.39 is 0 Å². The van der Waals surface area contributed by atoms with Crippen LogP contribution in [0, 0.1) is 0 Å². The third kappa shape index (κ3) is 3.87. The SMILES string of the molecule is CCCCC(=O)Nc1ccc(N2CCCC2)cc1Cl. The molecule has 1 N–H and O–H groups in total. The summed E-state index contributed by atoms with van der Waals surface area (Å²) in [7, 11) is 0. The zero-order chi connectivity index (χ0) is 13.7. The van der Waals surface area contributed by atoms with Crippen LogP contribution in [-0.2, 0) is 4.79 Å². The van der Waals surface area contributed by atoms with Crippen LogP contribution in [-0.4, -0.2) is 19.0 Å². The molecule has 104 valence electrons. The van der Waals surface area contributed by atoms with Crippen molar-refractivity contribution in [3.05, 3.63) is 23.2 Å². The predicted molar refractivity (Wildman–Crippen MR) is 81.1 cm³/mol. The largest absolute Gasteiger partial charge is 0.371 e. The lowest BCUT2D eigenvalue weighted by atomic mass is 10.2. The van der Waals surface area contributed by atoms with Crippen LogP contribution in [0.25, 0.3) is 0 Å². The molecule has 1 heterocycles. The summed E-state index contributed by atoms with van der Waals surface area (Å²) in [4.78, 5) is 14.0. The maximum atomic E-state index is 11.7. The summed E-state index contributed by atoms with van der Waals surface area (Å²) >= 11 is 6.24. The molecule has 19 heavy (non-hydrogen) atoms. The van der Waals surface area contributed by atoms with Gasteiger partial charge in [-0.2, -0.15) is 0 Å². The summed E-state index contributed by atoms with van der Waals surface area (Å²) < 4.78 is 0. The number of carbonyl (C=O) groups excluding carboxylic acids is 1. The van der Waals surface area contributed by atoms with Gasteiger partial charge in [-0.3, -0.25) is 4.79 Å². The van der Waals surface area contributed by atoms with Gasteiger partial charge >= 0.3 is 0 Å². The number of amides is 1. The third-order valence-electron chi connectivity index (χ3n) is 3.46. The fourth-order valence-corrected chi connectivity index (χ4v) is 2.55. The van der Waals surface area contributed by atoms with Crippen molar-refractivity contribution in [2.45, 2.75) is 39.0 Å². The van der Waals surface area contributed by atoms with Gasteiger partial charge in [0.25, 0.3) is 0 Å². The number of nitrogens with zero attached hydrogens (tertiary/aromatic N) is 1. The van der Waals surface area contributed by atoms with Gasteiger partial charge < -0.3 is 10.2 Å². The van der Waals surface area contributed by atoms with Crippen molar-refractivity contribution in [1.82, 2.24) is 0 Å². The number of rotatable bonds is 5. The minimum atomic E-state index is 0.0395. The zero-order valence-corrected chi connectivity index (χ0v) is 12.2. The topological polar surface area (TPSA) is 32.3 Å². The first-order valence-electron chi connectivity index (χ1n) is 7.05. The highest BCUT2D eigenvalue weighted by molar-refractivity contribution is 6.34. The average Bonchev–Trinajstić information content (AvgIpc) is 2.92. The predicted octanol–water partition coefficient (Wildman–Crippen LogP) is 4.07. The van der Waals surface area contributed by atoms with E-state index in [1.807, 2.05) is 18.2 Å². The molecular weight excluding hydrogens is 260 g/mol. The van der Waals surface area contributed by atoms with Crippen molar-refractivity contribution in [2.75, 3.05) is 23.3 Å². The number of benzene rings is 1. The molecule has 0 saturated carbocycles. The lowest BCUT2D eigenvalue weighted by Gasteiger charge is -2.18. The van der Waals surface area contributed by atoms with Gasteiger partial charge in [0.2, 0.25) is 5.91 Å². The fourth-order valence-electron chi connectivity index (χ4n) is 2.33. The van der Waals surface area contributed by atoms with Crippen molar-refractivity contribution in [3.8, 4) is 0 Å². The first kappa shape index (κ1) is 14.2. The third-order valence-corrected chi connectivity index (χ3v) is 3.77. The van der Waals surface area contributed by atoms with Gasteiger partial charge in [0.05, 0.1) is 10.7 Å². The maximum Gasteiger partial charge on any atom is 0.224 e. The van der Waals surface area contributed by atoms with Crippen LogP contribution in [0.5, 0.6) is 0 Å². The lowest BCUT2D eigenvalue weighted by Crippen LogP contribution is -2.17. The highest BCUT2D eigenvalue weighted by atomic mass is 35.5. The van der Waals surface area contributed by atoms with E-state index in [0.717, 1.165) is 31.6 Å². The molecule has 1 aromatic carbocycles. The van der Waals surface area contributed by atoms with Crippen LogP contribution in [0.2, 0.25) is 5.02 Å². The first-order chi connectivity index (χ1) is 9.20. The lowest BCUT2D eigenvalue weighted by molar-refractivity contribution is -0.116. The Balaban J connectivity index is 2.00. The zero-order valence-electron chi connectivity index (χ0n) is 11.4. The summed E-state index contributed by atoms with van der Waals surface area (Å²) in [5, 5.41) is 3.49. The minimum Gasteiger partial charge on any atom is -0.371 e. The van der Waals surface area contributed by atoms with E-state index in [0.29, 0.717) is 17.1 Å². The molecule has 4 heteroatoms. The smallest absolute Gasteiger partial charge is 0.224 e. The van der Waals surface area contributed by atoms with Crippen LogP contribution in [0.3, 0.4) is 0 Å². The molecule has 1 aliphatic rings. The van der Waals surface area contributed by atoms with Gasteiger partial charge in [0.15, 0.2) is 0 Å². The molecule has 3 nitrogen and oxygen atoms in total. The molecule has 0 bridgehead atoms. The number of hydrogen-bond donors (Lipinski definition) is 1. The molecule has 1 aliphatic heterocycles. The maximum absolute atomic E-state index is 11.7. The Hall–Kier alpha value is -1.22. The summed E-state index contributed by atoms with van der Waals surface area (Å²) in [5.74, 6) is 0.0395. The second kappa shape index (κ2) is 6.80. The van der Waals surface area contributed by atoms with E-state index in [4.69, 9.17) is 11.6 Å². The highest BCUT2D eigenvalue weighted by Crippen LogP contribution is 2.29. The quantitative estimate of drug-likeness (QED) is 0.882. The Morgan fingerprint density at radius 2 is 2.11 bits per heavy atom. The molecule has 2 rings (SSSR count).